The van der Waals surface area contributed by atoms with E-state index < -0.39 is 0 Å². The number of rotatable bonds is 5. The zero-order valence-corrected chi connectivity index (χ0v) is 19.0. The van der Waals surface area contributed by atoms with Crippen LogP contribution in [0.1, 0.15) is 47.4 Å². The number of likely N-dealkylation sites (tertiary alicyclic amines) is 1. The first-order valence-corrected chi connectivity index (χ1v) is 11.8. The summed E-state index contributed by atoms with van der Waals surface area (Å²) in [6.45, 7) is 5.62. The second-order valence-electron chi connectivity index (χ2n) is 9.35. The minimum Gasteiger partial charge on any atom is -0.451 e. The van der Waals surface area contributed by atoms with Crippen LogP contribution in [0.3, 0.4) is 0 Å². The van der Waals surface area contributed by atoms with E-state index in [4.69, 9.17) is 9.15 Å². The summed E-state index contributed by atoms with van der Waals surface area (Å²) < 4.78 is 12.1. The molecule has 3 aromatic rings. The molecule has 1 N–H and O–H groups in total. The number of para-hydroxylation sites is 1. The minimum atomic E-state index is -0.379. The highest BCUT2D eigenvalue weighted by Gasteiger charge is 2.42. The molecule has 1 amide bonds. The highest BCUT2D eigenvalue weighted by Crippen LogP contribution is 2.39. The summed E-state index contributed by atoms with van der Waals surface area (Å²) in [4.78, 5) is 27.4. The van der Waals surface area contributed by atoms with Gasteiger partial charge < -0.3 is 14.5 Å². The van der Waals surface area contributed by atoms with Crippen molar-refractivity contribution in [2.24, 2.45) is 0 Å². The highest BCUT2D eigenvalue weighted by atomic mass is 16.5. The molecule has 0 saturated carbocycles. The third-order valence-electron chi connectivity index (χ3n) is 7.11. The van der Waals surface area contributed by atoms with Gasteiger partial charge in [-0.1, -0.05) is 36.4 Å². The molecule has 2 fully saturated rings. The van der Waals surface area contributed by atoms with Crippen LogP contribution in [0.15, 0.2) is 63.8 Å². The lowest BCUT2D eigenvalue weighted by Gasteiger charge is -2.39. The molecule has 172 valence electrons. The SMILES string of the molecule is Cc1ccccc1CN1CCC2(CC[C@H](CNC(=O)c3cc(=O)c4ccccc4o3)O2)CC1. The van der Waals surface area contributed by atoms with Crippen LogP contribution >= 0.6 is 0 Å². The maximum Gasteiger partial charge on any atom is 0.287 e. The van der Waals surface area contributed by atoms with Crippen molar-refractivity contribution in [1.29, 1.82) is 0 Å². The fraction of sp³-hybridized carbons (Fsp3) is 0.407. The van der Waals surface area contributed by atoms with Crippen molar-refractivity contribution < 1.29 is 13.9 Å². The molecule has 0 aliphatic carbocycles. The number of amides is 1. The standard InChI is InChI=1S/C27H30N2O4/c1-19-6-2-3-7-20(19)18-29-14-12-27(13-15-29)11-10-21(33-27)17-28-26(31)25-16-23(30)22-8-4-5-9-24(22)32-25/h2-9,16,21H,10-15,17-18H2,1H3,(H,28,31)/t21-/m1/s1. The van der Waals surface area contributed by atoms with Gasteiger partial charge in [-0.25, -0.2) is 0 Å². The summed E-state index contributed by atoms with van der Waals surface area (Å²) in [6.07, 6.45) is 3.98. The fourth-order valence-electron chi connectivity index (χ4n) is 5.06. The van der Waals surface area contributed by atoms with Crippen LogP contribution < -0.4 is 10.7 Å². The Morgan fingerprint density at radius 3 is 2.67 bits per heavy atom. The molecule has 0 bridgehead atoms. The Morgan fingerprint density at radius 1 is 1.09 bits per heavy atom. The second kappa shape index (κ2) is 9.12. The zero-order valence-electron chi connectivity index (χ0n) is 19.0. The first-order chi connectivity index (χ1) is 16.0. The van der Waals surface area contributed by atoms with Crippen molar-refractivity contribution >= 4 is 16.9 Å². The lowest BCUT2D eigenvalue weighted by molar-refractivity contribution is -0.0764. The van der Waals surface area contributed by atoms with Crippen LogP contribution in [0.5, 0.6) is 0 Å². The van der Waals surface area contributed by atoms with Crippen LogP contribution in [-0.2, 0) is 11.3 Å². The van der Waals surface area contributed by atoms with Gasteiger partial charge in [-0.3, -0.25) is 14.5 Å². The van der Waals surface area contributed by atoms with Gasteiger partial charge in [0.15, 0.2) is 11.2 Å². The van der Waals surface area contributed by atoms with Crippen molar-refractivity contribution in [1.82, 2.24) is 10.2 Å². The number of benzene rings is 2. The van der Waals surface area contributed by atoms with E-state index in [0.29, 0.717) is 17.5 Å². The molecule has 1 atom stereocenters. The van der Waals surface area contributed by atoms with E-state index in [-0.39, 0.29) is 28.8 Å². The first kappa shape index (κ1) is 21.9. The predicted octanol–water partition coefficient (Wildman–Crippen LogP) is 4.05. The molecule has 33 heavy (non-hydrogen) atoms. The van der Waals surface area contributed by atoms with Gasteiger partial charge in [0, 0.05) is 32.2 Å². The Bertz CT molecular complexity index is 1210. The summed E-state index contributed by atoms with van der Waals surface area (Å²) in [5.74, 6) is -0.341. The normalized spacial score (nSPS) is 20.3. The monoisotopic (exact) mass is 446 g/mol. The molecule has 5 rings (SSSR count). The van der Waals surface area contributed by atoms with Gasteiger partial charge >= 0.3 is 0 Å². The Balaban J connectivity index is 1.13. The van der Waals surface area contributed by atoms with E-state index >= 15 is 0 Å². The summed E-state index contributed by atoms with van der Waals surface area (Å²) in [5, 5.41) is 3.37. The van der Waals surface area contributed by atoms with Crippen molar-refractivity contribution in [2.75, 3.05) is 19.6 Å². The molecule has 1 aromatic heterocycles. The van der Waals surface area contributed by atoms with Crippen LogP contribution in [0.4, 0.5) is 0 Å². The predicted molar refractivity (Wildman–Crippen MR) is 127 cm³/mol. The van der Waals surface area contributed by atoms with Gasteiger partial charge in [0.1, 0.15) is 5.58 Å². The number of carbonyl (C=O) groups is 1. The lowest BCUT2D eigenvalue weighted by Crippen LogP contribution is -2.45. The molecule has 6 heteroatoms. The second-order valence-corrected chi connectivity index (χ2v) is 9.35. The van der Waals surface area contributed by atoms with Gasteiger partial charge in [-0.15, -0.1) is 0 Å². The molecule has 2 aliphatic heterocycles. The van der Waals surface area contributed by atoms with Crippen molar-refractivity contribution in [2.45, 2.75) is 50.9 Å². The van der Waals surface area contributed by atoms with E-state index in [1.807, 2.05) is 0 Å². The number of hydrogen-bond acceptors (Lipinski definition) is 5. The molecule has 1 spiro atoms. The summed E-state index contributed by atoms with van der Waals surface area (Å²) in [5.41, 5.74) is 2.86. The average molecular weight is 447 g/mol. The van der Waals surface area contributed by atoms with Crippen molar-refractivity contribution in [3.63, 3.8) is 0 Å². The molecule has 0 unspecified atom stereocenters. The van der Waals surface area contributed by atoms with E-state index in [9.17, 15) is 9.59 Å². The molecular formula is C27H30N2O4. The zero-order chi connectivity index (χ0) is 22.8. The molecule has 0 radical (unpaired) electrons. The molecule has 2 aliphatic rings. The van der Waals surface area contributed by atoms with Crippen LogP contribution in [-0.4, -0.2) is 42.1 Å². The van der Waals surface area contributed by atoms with E-state index in [0.717, 1.165) is 45.3 Å². The van der Waals surface area contributed by atoms with Crippen molar-refractivity contribution in [3.05, 3.63) is 81.7 Å². The third kappa shape index (κ3) is 4.72. The molecule has 2 aromatic carbocycles. The number of aryl methyl sites for hydroxylation is 1. The van der Waals surface area contributed by atoms with Crippen LogP contribution in [0.25, 0.3) is 11.0 Å². The largest absolute Gasteiger partial charge is 0.451 e. The molecule has 2 saturated heterocycles. The van der Waals surface area contributed by atoms with Gasteiger partial charge in [0.05, 0.1) is 17.1 Å². The Kier molecular flexibility index (Phi) is 6.04. The third-order valence-corrected chi connectivity index (χ3v) is 7.11. The number of nitrogens with zero attached hydrogens (tertiary/aromatic N) is 1. The van der Waals surface area contributed by atoms with Gasteiger partial charge in [-0.05, 0) is 55.9 Å². The smallest absolute Gasteiger partial charge is 0.287 e. The minimum absolute atomic E-state index is 0.0101. The van der Waals surface area contributed by atoms with E-state index in [1.165, 1.54) is 17.2 Å². The maximum atomic E-state index is 12.6. The van der Waals surface area contributed by atoms with Gasteiger partial charge in [0.25, 0.3) is 5.91 Å². The Morgan fingerprint density at radius 2 is 1.85 bits per heavy atom. The van der Waals surface area contributed by atoms with E-state index in [1.54, 1.807) is 24.3 Å². The summed E-state index contributed by atoms with van der Waals surface area (Å²) >= 11 is 0. The first-order valence-electron chi connectivity index (χ1n) is 11.8. The topological polar surface area (TPSA) is 71.8 Å². The number of ether oxygens (including phenoxy) is 1. The van der Waals surface area contributed by atoms with Crippen LogP contribution in [0.2, 0.25) is 0 Å². The highest BCUT2D eigenvalue weighted by molar-refractivity contribution is 5.93. The summed E-state index contributed by atoms with van der Waals surface area (Å²) in [7, 11) is 0. The van der Waals surface area contributed by atoms with Crippen LogP contribution in [0, 0.1) is 6.92 Å². The average Bonchev–Trinajstić information content (AvgIpc) is 3.23. The summed E-state index contributed by atoms with van der Waals surface area (Å²) in [6, 6.07) is 16.8. The quantitative estimate of drug-likeness (QED) is 0.640. The number of fused-ring (bicyclic) bond motifs is 1. The number of nitrogens with one attached hydrogen (secondary N) is 1. The lowest BCUT2D eigenvalue weighted by atomic mass is 9.88. The van der Waals surface area contributed by atoms with Gasteiger partial charge in [-0.2, -0.15) is 0 Å². The maximum absolute atomic E-state index is 12.6. The molecular weight excluding hydrogens is 416 g/mol. The van der Waals surface area contributed by atoms with E-state index in [2.05, 4.69) is 41.4 Å². The molecule has 6 nitrogen and oxygen atoms in total. The van der Waals surface area contributed by atoms with Gasteiger partial charge in [0.2, 0.25) is 0 Å². The molecule has 3 heterocycles. The Hall–Kier alpha value is -2.96. The number of piperidine rings is 1. The number of carbonyl (C=O) groups excluding carboxylic acids is 1. The van der Waals surface area contributed by atoms with Crippen molar-refractivity contribution in [3.8, 4) is 0 Å². The number of hydrogen-bond donors (Lipinski definition) is 1. The fourth-order valence-corrected chi connectivity index (χ4v) is 5.06. The Labute approximate surface area is 193 Å².